The van der Waals surface area contributed by atoms with Crippen LogP contribution in [0.1, 0.15) is 27.7 Å². The molecule has 0 saturated heterocycles. The first-order valence-electron chi connectivity index (χ1n) is 6.39. The fourth-order valence-electron chi connectivity index (χ4n) is 1.85. The molecule has 0 heterocycles. The lowest BCUT2D eigenvalue weighted by Gasteiger charge is -2.34. The second-order valence-corrected chi connectivity index (χ2v) is 4.50. The molecule has 114 valence electrons. The molecule has 0 spiro atoms. The molecular formula is C12H23F3N2O2. The van der Waals surface area contributed by atoms with Gasteiger partial charge in [0.25, 0.3) is 0 Å². The van der Waals surface area contributed by atoms with Crippen LogP contribution in [0.4, 0.5) is 13.2 Å². The Bertz CT molecular complexity index is 285. The second kappa shape index (κ2) is 7.69. The van der Waals surface area contributed by atoms with Crippen molar-refractivity contribution in [2.24, 2.45) is 0 Å². The van der Waals surface area contributed by atoms with Crippen LogP contribution in [-0.2, 0) is 9.53 Å². The van der Waals surface area contributed by atoms with E-state index in [1.165, 1.54) is 4.90 Å². The molecule has 7 heteroatoms. The molecule has 0 aliphatic heterocycles. The van der Waals surface area contributed by atoms with E-state index >= 15 is 0 Å². The maximum absolute atomic E-state index is 12.4. The van der Waals surface area contributed by atoms with E-state index in [-0.39, 0.29) is 19.7 Å². The van der Waals surface area contributed by atoms with Crippen LogP contribution in [0.25, 0.3) is 0 Å². The zero-order chi connectivity index (χ0) is 15.1. The fraction of sp³-hybridized carbons (Fsp3) is 0.917. The summed E-state index contributed by atoms with van der Waals surface area (Å²) < 4.78 is 42.2. The molecule has 0 amide bonds. The van der Waals surface area contributed by atoms with Crippen molar-refractivity contribution >= 4 is 5.97 Å². The number of hydrogen-bond donors (Lipinski definition) is 1. The summed E-state index contributed by atoms with van der Waals surface area (Å²) in [7, 11) is 0. The van der Waals surface area contributed by atoms with E-state index in [1.54, 1.807) is 27.7 Å². The molecule has 4 nitrogen and oxygen atoms in total. The Morgan fingerprint density at radius 3 is 2.16 bits per heavy atom. The molecule has 1 N–H and O–H groups in total. The van der Waals surface area contributed by atoms with Crippen molar-refractivity contribution in [1.29, 1.82) is 0 Å². The van der Waals surface area contributed by atoms with Gasteiger partial charge in [-0.3, -0.25) is 9.69 Å². The third-order valence-corrected chi connectivity index (χ3v) is 2.68. The van der Waals surface area contributed by atoms with Crippen molar-refractivity contribution in [2.45, 2.75) is 39.4 Å². The van der Waals surface area contributed by atoms with Crippen LogP contribution in [0.15, 0.2) is 0 Å². The number of carbonyl (C=O) groups is 1. The number of esters is 1. The molecule has 0 aliphatic rings. The number of halogens is 3. The Balaban J connectivity index is 4.83. The van der Waals surface area contributed by atoms with Crippen molar-refractivity contribution in [2.75, 3.05) is 32.8 Å². The number of alkyl halides is 3. The molecule has 0 bridgehead atoms. The second-order valence-electron chi connectivity index (χ2n) is 4.50. The topological polar surface area (TPSA) is 41.6 Å². The quantitative estimate of drug-likeness (QED) is 0.690. The summed E-state index contributed by atoms with van der Waals surface area (Å²) >= 11 is 0. The summed E-state index contributed by atoms with van der Waals surface area (Å²) in [6, 6.07) is 0. The lowest BCUT2D eigenvalue weighted by molar-refractivity contribution is -0.159. The third kappa shape index (κ3) is 6.77. The van der Waals surface area contributed by atoms with Crippen molar-refractivity contribution < 1.29 is 22.7 Å². The molecule has 0 aliphatic carbocycles. The van der Waals surface area contributed by atoms with Gasteiger partial charge in [-0.15, -0.1) is 0 Å². The van der Waals surface area contributed by atoms with Gasteiger partial charge in [0, 0.05) is 6.54 Å². The predicted octanol–water partition coefficient (Wildman–Crippen LogP) is 1.80. The summed E-state index contributed by atoms with van der Waals surface area (Å²) in [5, 5.41) is 2.91. The molecular weight excluding hydrogens is 261 g/mol. The minimum Gasteiger partial charge on any atom is -0.465 e. The van der Waals surface area contributed by atoms with Crippen molar-refractivity contribution in [3.63, 3.8) is 0 Å². The van der Waals surface area contributed by atoms with Gasteiger partial charge in [0.05, 0.1) is 13.2 Å². The highest BCUT2D eigenvalue weighted by Crippen LogP contribution is 2.18. The number of nitrogens with one attached hydrogen (secondary N) is 1. The summed E-state index contributed by atoms with van der Waals surface area (Å²) in [5.41, 5.74) is -1.13. The zero-order valence-electron chi connectivity index (χ0n) is 11.9. The maximum atomic E-state index is 12.4. The lowest BCUT2D eigenvalue weighted by atomic mass is 10.0. The van der Waals surface area contributed by atoms with Crippen LogP contribution in [0, 0.1) is 0 Å². The van der Waals surface area contributed by atoms with E-state index in [0.29, 0.717) is 6.54 Å². The monoisotopic (exact) mass is 284 g/mol. The standard InChI is InChI=1S/C12H23F3N2O2/c1-5-16-11(4,10(18)19-7-3)8-17(6-2)9-12(13,14)15/h16H,5-9H2,1-4H3. The molecule has 1 unspecified atom stereocenters. The van der Waals surface area contributed by atoms with Gasteiger partial charge in [-0.25, -0.2) is 0 Å². The highest BCUT2D eigenvalue weighted by Gasteiger charge is 2.38. The van der Waals surface area contributed by atoms with Crippen LogP contribution in [-0.4, -0.2) is 55.4 Å². The number of hydrogen-bond acceptors (Lipinski definition) is 4. The first-order chi connectivity index (χ1) is 8.68. The molecule has 0 aromatic carbocycles. The molecule has 19 heavy (non-hydrogen) atoms. The minimum absolute atomic E-state index is 0.0459. The Morgan fingerprint density at radius 1 is 1.21 bits per heavy atom. The Hall–Kier alpha value is -0.820. The number of ether oxygens (including phenoxy) is 1. The van der Waals surface area contributed by atoms with Gasteiger partial charge >= 0.3 is 12.1 Å². The van der Waals surface area contributed by atoms with Gasteiger partial charge in [-0.2, -0.15) is 13.2 Å². The van der Waals surface area contributed by atoms with Crippen LogP contribution < -0.4 is 5.32 Å². The fourth-order valence-corrected chi connectivity index (χ4v) is 1.85. The normalized spacial score (nSPS) is 15.4. The number of likely N-dealkylation sites (N-methyl/N-ethyl adjacent to an activating group) is 2. The average Bonchev–Trinajstić information content (AvgIpc) is 2.27. The molecule has 0 fully saturated rings. The minimum atomic E-state index is -4.28. The zero-order valence-corrected chi connectivity index (χ0v) is 11.9. The van der Waals surface area contributed by atoms with Gasteiger partial charge < -0.3 is 10.1 Å². The van der Waals surface area contributed by atoms with Gasteiger partial charge in [-0.1, -0.05) is 13.8 Å². The van der Waals surface area contributed by atoms with E-state index in [2.05, 4.69) is 5.32 Å². The van der Waals surface area contributed by atoms with Crippen LogP contribution in [0.5, 0.6) is 0 Å². The molecule has 0 radical (unpaired) electrons. The third-order valence-electron chi connectivity index (χ3n) is 2.68. The molecule has 1 atom stereocenters. The number of carbonyl (C=O) groups excluding carboxylic acids is 1. The number of rotatable bonds is 8. The highest BCUT2D eigenvalue weighted by molar-refractivity contribution is 5.80. The van der Waals surface area contributed by atoms with E-state index in [0.717, 1.165) is 0 Å². The van der Waals surface area contributed by atoms with Gasteiger partial charge in [0.1, 0.15) is 5.54 Å². The average molecular weight is 284 g/mol. The maximum Gasteiger partial charge on any atom is 0.401 e. The largest absolute Gasteiger partial charge is 0.465 e. The van der Waals surface area contributed by atoms with E-state index in [4.69, 9.17) is 4.74 Å². The van der Waals surface area contributed by atoms with Crippen molar-refractivity contribution in [1.82, 2.24) is 10.2 Å². The van der Waals surface area contributed by atoms with Crippen LogP contribution >= 0.6 is 0 Å². The van der Waals surface area contributed by atoms with Crippen LogP contribution in [0.2, 0.25) is 0 Å². The smallest absolute Gasteiger partial charge is 0.401 e. The van der Waals surface area contributed by atoms with Crippen LogP contribution in [0.3, 0.4) is 0 Å². The van der Waals surface area contributed by atoms with Gasteiger partial charge in [0.2, 0.25) is 0 Å². The summed E-state index contributed by atoms with van der Waals surface area (Å²) in [6.45, 7) is 6.44. The lowest BCUT2D eigenvalue weighted by Crippen LogP contribution is -2.58. The van der Waals surface area contributed by atoms with Crippen molar-refractivity contribution in [3.05, 3.63) is 0 Å². The summed E-state index contributed by atoms with van der Waals surface area (Å²) in [5.74, 6) is -0.530. The van der Waals surface area contributed by atoms with E-state index < -0.39 is 24.2 Å². The Morgan fingerprint density at radius 2 is 1.79 bits per heavy atom. The molecule has 0 saturated carbocycles. The highest BCUT2D eigenvalue weighted by atomic mass is 19.4. The van der Waals surface area contributed by atoms with E-state index in [1.807, 2.05) is 0 Å². The molecule has 0 aromatic heterocycles. The van der Waals surface area contributed by atoms with Gasteiger partial charge in [0.15, 0.2) is 0 Å². The Labute approximate surface area is 112 Å². The molecule has 0 aromatic rings. The first-order valence-corrected chi connectivity index (χ1v) is 6.39. The van der Waals surface area contributed by atoms with Gasteiger partial charge in [-0.05, 0) is 26.9 Å². The number of nitrogens with zero attached hydrogens (tertiary/aromatic N) is 1. The van der Waals surface area contributed by atoms with E-state index in [9.17, 15) is 18.0 Å². The SMILES string of the molecule is CCNC(C)(CN(CC)CC(F)(F)F)C(=O)OCC. The first kappa shape index (κ1) is 18.2. The summed E-state index contributed by atoms with van der Waals surface area (Å²) in [6.07, 6.45) is -4.28. The molecule has 0 rings (SSSR count). The predicted molar refractivity (Wildman–Crippen MR) is 66.9 cm³/mol. The Kier molecular flexibility index (Phi) is 7.36. The van der Waals surface area contributed by atoms with Crippen molar-refractivity contribution in [3.8, 4) is 0 Å². The summed E-state index contributed by atoms with van der Waals surface area (Å²) in [4.78, 5) is 13.1.